The number of hydrogen-bond acceptors (Lipinski definition) is 7. The lowest BCUT2D eigenvalue weighted by molar-refractivity contribution is -0.385. The Morgan fingerprint density at radius 3 is 2.15 bits per heavy atom. The van der Waals surface area contributed by atoms with Crippen LogP contribution in [-0.4, -0.2) is 38.2 Å². The molecule has 1 saturated heterocycles. The van der Waals surface area contributed by atoms with Crippen molar-refractivity contribution in [1.29, 1.82) is 0 Å². The number of amides is 2. The number of nitro groups is 1. The summed E-state index contributed by atoms with van der Waals surface area (Å²) in [5.41, 5.74) is -0.690. The Labute approximate surface area is 147 Å². The molecule has 0 aromatic heterocycles. The number of allylic oxidation sites excluding steroid dienone is 2. The molecule has 1 aromatic rings. The molecule has 2 bridgehead atoms. The summed E-state index contributed by atoms with van der Waals surface area (Å²) in [6.45, 7) is 0. The smallest absolute Gasteiger partial charge is 0.311 e. The summed E-state index contributed by atoms with van der Waals surface area (Å²) in [6.07, 6.45) is 6.73. The van der Waals surface area contributed by atoms with Gasteiger partial charge in [-0.3, -0.25) is 19.7 Å². The third-order valence-corrected chi connectivity index (χ3v) is 5.37. The number of imide groups is 1. The van der Waals surface area contributed by atoms with E-state index in [0.29, 0.717) is 0 Å². The first kappa shape index (κ1) is 16.2. The van der Waals surface area contributed by atoms with Gasteiger partial charge >= 0.3 is 5.69 Å². The molecule has 0 unspecified atom stereocenters. The molecule has 9 nitrogen and oxygen atoms in total. The van der Waals surface area contributed by atoms with Crippen molar-refractivity contribution in [3.8, 4) is 11.5 Å². The molecule has 4 atom stereocenters. The van der Waals surface area contributed by atoms with Gasteiger partial charge in [0.15, 0.2) is 5.75 Å². The Hall–Kier alpha value is -3.23. The number of fused-ring (bicyclic) bond motifs is 1. The third kappa shape index (κ3) is 2.27. The van der Waals surface area contributed by atoms with Gasteiger partial charge in [0.25, 0.3) is 11.8 Å². The monoisotopic (exact) mass is 357 g/mol. The topological polar surface area (TPSA) is 133 Å². The quantitative estimate of drug-likeness (QED) is 0.277. The molecule has 2 fully saturated rings. The van der Waals surface area contributed by atoms with Crippen molar-refractivity contribution in [2.45, 2.75) is 12.8 Å². The van der Waals surface area contributed by atoms with Crippen molar-refractivity contribution >= 4 is 23.7 Å². The maximum Gasteiger partial charge on any atom is 0.311 e. The molecule has 2 N–H and O–H groups in total. The number of nitro benzene ring substituents is 1. The van der Waals surface area contributed by atoms with Crippen LogP contribution in [0.15, 0.2) is 29.4 Å². The largest absolute Gasteiger partial charge is 0.507 e. The highest BCUT2D eigenvalue weighted by atomic mass is 16.6. The number of carbonyl (C=O) groups is 2. The highest BCUT2D eigenvalue weighted by Gasteiger charge is 2.56. The fraction of sp³-hybridized carbons (Fsp3) is 0.353. The summed E-state index contributed by atoms with van der Waals surface area (Å²) in [5, 5.41) is 34.9. The summed E-state index contributed by atoms with van der Waals surface area (Å²) in [7, 11) is 0. The molecule has 1 aliphatic heterocycles. The van der Waals surface area contributed by atoms with E-state index in [2.05, 4.69) is 5.10 Å². The number of nitrogens with zero attached hydrogens (tertiary/aromatic N) is 3. The van der Waals surface area contributed by atoms with E-state index in [4.69, 9.17) is 0 Å². The van der Waals surface area contributed by atoms with Crippen LogP contribution in [0.5, 0.6) is 11.5 Å². The Balaban J connectivity index is 1.64. The minimum Gasteiger partial charge on any atom is -0.507 e. The highest BCUT2D eigenvalue weighted by Crippen LogP contribution is 2.49. The number of phenols is 2. The summed E-state index contributed by atoms with van der Waals surface area (Å²) in [5.74, 6) is -2.67. The van der Waals surface area contributed by atoms with Gasteiger partial charge in [-0.05, 0) is 24.7 Å². The number of hydrogen-bond donors (Lipinski definition) is 2. The van der Waals surface area contributed by atoms with Crippen molar-refractivity contribution in [3.05, 3.63) is 40.0 Å². The second-order valence-electron chi connectivity index (χ2n) is 6.73. The van der Waals surface area contributed by atoms with Crippen molar-refractivity contribution in [1.82, 2.24) is 5.01 Å². The van der Waals surface area contributed by atoms with Gasteiger partial charge in [0.1, 0.15) is 5.75 Å². The predicted octanol–water partition coefficient (Wildman–Crippen LogP) is 1.54. The SMILES string of the molecule is O=C1[C@@H]2[C@@H](C(=O)N1N=Cc1cc([N+](=O)[O-])c(O)cc1O)[C@H]1C=C[C@H]2CC1. The van der Waals surface area contributed by atoms with Crippen LogP contribution < -0.4 is 0 Å². The van der Waals surface area contributed by atoms with E-state index < -0.39 is 33.9 Å². The molecule has 5 rings (SSSR count). The van der Waals surface area contributed by atoms with Crippen LogP contribution in [0.25, 0.3) is 0 Å². The molecule has 3 aliphatic carbocycles. The number of phenolic OH excluding ortho intramolecular Hbond substituents is 2. The zero-order chi connectivity index (χ0) is 18.6. The molecular weight excluding hydrogens is 342 g/mol. The standard InChI is InChI=1S/C17H15N3O6/c21-12-6-13(22)11(20(25)26)5-10(12)7-18-19-16(23)14-8-1-2-9(4-3-8)15(14)17(19)24/h1-2,5-9,14-15,21-22H,3-4H2/t8-,9-,14-,15-/m0/s1. The molecule has 2 amide bonds. The number of aromatic hydroxyl groups is 2. The lowest BCUT2D eigenvalue weighted by Gasteiger charge is -2.37. The van der Waals surface area contributed by atoms with Gasteiger partial charge in [-0.1, -0.05) is 12.2 Å². The molecular formula is C17H15N3O6. The van der Waals surface area contributed by atoms with E-state index in [0.717, 1.165) is 36.2 Å². The van der Waals surface area contributed by atoms with Crippen molar-refractivity contribution in [2.75, 3.05) is 0 Å². The minimum absolute atomic E-state index is 0.0322. The molecule has 26 heavy (non-hydrogen) atoms. The lowest BCUT2D eigenvalue weighted by atomic mass is 9.63. The van der Waals surface area contributed by atoms with Gasteiger partial charge in [-0.25, -0.2) is 0 Å². The van der Waals surface area contributed by atoms with Crippen LogP contribution in [0.4, 0.5) is 5.69 Å². The lowest BCUT2D eigenvalue weighted by Crippen LogP contribution is -2.38. The fourth-order valence-electron chi connectivity index (χ4n) is 4.12. The molecule has 0 spiro atoms. The van der Waals surface area contributed by atoms with Gasteiger partial charge in [-0.2, -0.15) is 10.1 Å². The predicted molar refractivity (Wildman–Crippen MR) is 88.2 cm³/mol. The maximum atomic E-state index is 12.6. The zero-order valence-corrected chi connectivity index (χ0v) is 13.5. The molecule has 4 aliphatic rings. The van der Waals surface area contributed by atoms with E-state index in [-0.39, 0.29) is 29.2 Å². The molecule has 134 valence electrons. The van der Waals surface area contributed by atoms with Crippen LogP contribution in [0.3, 0.4) is 0 Å². The Kier molecular flexibility index (Phi) is 3.53. The van der Waals surface area contributed by atoms with E-state index >= 15 is 0 Å². The summed E-state index contributed by atoms with van der Waals surface area (Å²) in [6, 6.07) is 1.74. The summed E-state index contributed by atoms with van der Waals surface area (Å²) in [4.78, 5) is 35.3. The maximum absolute atomic E-state index is 12.6. The zero-order valence-electron chi connectivity index (χ0n) is 13.5. The van der Waals surface area contributed by atoms with Crippen molar-refractivity contribution < 1.29 is 24.7 Å². The average Bonchev–Trinajstić information content (AvgIpc) is 2.88. The Morgan fingerprint density at radius 2 is 1.65 bits per heavy atom. The Bertz CT molecular complexity index is 861. The van der Waals surface area contributed by atoms with Gasteiger partial charge in [0, 0.05) is 17.7 Å². The fourth-order valence-corrected chi connectivity index (χ4v) is 4.12. The van der Waals surface area contributed by atoms with Crippen molar-refractivity contribution in [2.24, 2.45) is 28.8 Å². The molecule has 0 radical (unpaired) electrons. The van der Waals surface area contributed by atoms with Gasteiger partial charge in [0.2, 0.25) is 0 Å². The number of carbonyl (C=O) groups excluding carboxylic acids is 2. The van der Waals surface area contributed by atoms with E-state index in [1.54, 1.807) is 0 Å². The van der Waals surface area contributed by atoms with Gasteiger partial charge in [0.05, 0.1) is 23.0 Å². The second kappa shape index (κ2) is 5.65. The number of rotatable bonds is 3. The normalized spacial score (nSPS) is 29.6. The summed E-state index contributed by atoms with van der Waals surface area (Å²) < 4.78 is 0. The first-order chi connectivity index (χ1) is 12.4. The summed E-state index contributed by atoms with van der Waals surface area (Å²) >= 11 is 0. The van der Waals surface area contributed by atoms with Crippen molar-refractivity contribution in [3.63, 3.8) is 0 Å². The van der Waals surface area contributed by atoms with E-state index in [1.807, 2.05) is 12.2 Å². The molecule has 9 heteroatoms. The number of hydrazone groups is 1. The van der Waals surface area contributed by atoms with Gasteiger partial charge < -0.3 is 10.2 Å². The van der Waals surface area contributed by atoms with E-state index in [9.17, 15) is 29.9 Å². The van der Waals surface area contributed by atoms with Crippen LogP contribution in [-0.2, 0) is 9.59 Å². The average molecular weight is 357 g/mol. The van der Waals surface area contributed by atoms with Gasteiger partial charge in [-0.15, -0.1) is 0 Å². The van der Waals surface area contributed by atoms with Crippen LogP contribution in [0.1, 0.15) is 18.4 Å². The first-order valence-corrected chi connectivity index (χ1v) is 8.19. The molecule has 1 heterocycles. The molecule has 1 aromatic carbocycles. The third-order valence-electron chi connectivity index (χ3n) is 5.37. The minimum atomic E-state index is -0.809. The first-order valence-electron chi connectivity index (χ1n) is 8.19. The van der Waals surface area contributed by atoms with Crippen LogP contribution in [0.2, 0.25) is 0 Å². The van der Waals surface area contributed by atoms with Crippen LogP contribution >= 0.6 is 0 Å². The second-order valence-corrected chi connectivity index (χ2v) is 6.73. The van der Waals surface area contributed by atoms with Crippen LogP contribution in [0, 0.1) is 33.8 Å². The van der Waals surface area contributed by atoms with E-state index in [1.165, 1.54) is 0 Å². The number of benzene rings is 1. The Morgan fingerprint density at radius 1 is 1.08 bits per heavy atom. The molecule has 1 saturated carbocycles. The highest BCUT2D eigenvalue weighted by molar-refractivity contribution is 6.06.